The van der Waals surface area contributed by atoms with E-state index in [2.05, 4.69) is 4.74 Å². The van der Waals surface area contributed by atoms with Gasteiger partial charge in [0.1, 0.15) is 12.4 Å². The molecular weight excluding hydrogens is 197 g/mol. The zero-order valence-corrected chi connectivity index (χ0v) is 7.77. The molecule has 5 heteroatoms. The Balaban J connectivity index is 2.10. The third-order valence-electron chi connectivity index (χ3n) is 2.28. The second-order valence-electron chi connectivity index (χ2n) is 3.61. The monoisotopic (exact) mass is 210 g/mol. The summed E-state index contributed by atoms with van der Waals surface area (Å²) in [4.78, 5) is 10.8. The molecule has 0 aromatic carbocycles. The highest BCUT2D eigenvalue weighted by atomic mass is 19.4. The largest absolute Gasteiger partial charge is 0.411 e. The number of hydrogen-bond acceptors (Lipinski definition) is 2. The molecule has 1 rings (SSSR count). The Labute approximate surface area is 80.4 Å². The van der Waals surface area contributed by atoms with E-state index in [1.807, 2.05) is 0 Å². The quantitative estimate of drug-likeness (QED) is 0.714. The molecule has 0 aromatic heterocycles. The molecule has 0 N–H and O–H groups in total. The molecule has 0 aliphatic heterocycles. The molecule has 0 aromatic rings. The average molecular weight is 210 g/mol. The molecule has 0 amide bonds. The SMILES string of the molecule is O=C1CCC(COCC(F)(F)F)CC1. The number of rotatable bonds is 3. The van der Waals surface area contributed by atoms with Crippen LogP contribution in [0.25, 0.3) is 0 Å². The molecule has 0 atom stereocenters. The second kappa shape index (κ2) is 4.77. The molecule has 2 nitrogen and oxygen atoms in total. The Bertz CT molecular complexity index is 191. The van der Waals surface area contributed by atoms with Crippen molar-refractivity contribution in [2.45, 2.75) is 31.9 Å². The zero-order valence-electron chi connectivity index (χ0n) is 7.77. The van der Waals surface area contributed by atoms with Crippen molar-refractivity contribution in [1.82, 2.24) is 0 Å². The van der Waals surface area contributed by atoms with Crippen molar-refractivity contribution in [1.29, 1.82) is 0 Å². The third-order valence-corrected chi connectivity index (χ3v) is 2.28. The van der Waals surface area contributed by atoms with Gasteiger partial charge in [-0.2, -0.15) is 13.2 Å². The lowest BCUT2D eigenvalue weighted by Gasteiger charge is -2.20. The van der Waals surface area contributed by atoms with E-state index in [9.17, 15) is 18.0 Å². The van der Waals surface area contributed by atoms with Crippen LogP contribution in [-0.2, 0) is 9.53 Å². The number of carbonyl (C=O) groups is 1. The van der Waals surface area contributed by atoms with Gasteiger partial charge in [-0.15, -0.1) is 0 Å². The summed E-state index contributed by atoms with van der Waals surface area (Å²) >= 11 is 0. The molecule has 1 aliphatic rings. The molecule has 14 heavy (non-hydrogen) atoms. The van der Waals surface area contributed by atoms with Gasteiger partial charge in [-0.05, 0) is 18.8 Å². The van der Waals surface area contributed by atoms with Crippen molar-refractivity contribution in [2.75, 3.05) is 13.2 Å². The standard InChI is InChI=1S/C9H13F3O2/c10-9(11,12)6-14-5-7-1-3-8(13)4-2-7/h7H,1-6H2. The highest BCUT2D eigenvalue weighted by molar-refractivity contribution is 5.78. The summed E-state index contributed by atoms with van der Waals surface area (Å²) in [5, 5.41) is 0. The summed E-state index contributed by atoms with van der Waals surface area (Å²) in [5.74, 6) is 0.326. The molecule has 0 bridgehead atoms. The lowest BCUT2D eigenvalue weighted by molar-refractivity contribution is -0.177. The van der Waals surface area contributed by atoms with Crippen LogP contribution in [0.15, 0.2) is 0 Å². The van der Waals surface area contributed by atoms with Gasteiger partial charge in [0.15, 0.2) is 0 Å². The van der Waals surface area contributed by atoms with Crippen LogP contribution < -0.4 is 0 Å². The summed E-state index contributed by atoms with van der Waals surface area (Å²) in [6.07, 6.45) is -1.95. The third kappa shape index (κ3) is 4.60. The fourth-order valence-corrected chi connectivity index (χ4v) is 1.51. The molecule has 1 aliphatic carbocycles. The molecule has 0 saturated heterocycles. The van der Waals surface area contributed by atoms with Gasteiger partial charge in [0, 0.05) is 19.4 Å². The minimum Gasteiger partial charge on any atom is -0.372 e. The maximum atomic E-state index is 11.7. The van der Waals surface area contributed by atoms with Gasteiger partial charge in [-0.1, -0.05) is 0 Å². The predicted octanol–water partition coefficient (Wildman–Crippen LogP) is 2.32. The van der Waals surface area contributed by atoms with Crippen LogP contribution in [0.2, 0.25) is 0 Å². The first kappa shape index (κ1) is 11.5. The Kier molecular flexibility index (Phi) is 3.92. The van der Waals surface area contributed by atoms with Crippen LogP contribution in [0.3, 0.4) is 0 Å². The minimum absolute atomic E-state index is 0.118. The summed E-state index contributed by atoms with van der Waals surface area (Å²) in [6, 6.07) is 0. The van der Waals surface area contributed by atoms with Gasteiger partial charge >= 0.3 is 6.18 Å². The van der Waals surface area contributed by atoms with Crippen molar-refractivity contribution in [3.63, 3.8) is 0 Å². The van der Waals surface area contributed by atoms with Crippen LogP contribution in [-0.4, -0.2) is 25.2 Å². The smallest absolute Gasteiger partial charge is 0.372 e. The Morgan fingerprint density at radius 3 is 2.36 bits per heavy atom. The fourth-order valence-electron chi connectivity index (χ4n) is 1.51. The summed E-state index contributed by atoms with van der Waals surface area (Å²) < 4.78 is 39.6. The maximum Gasteiger partial charge on any atom is 0.411 e. The van der Waals surface area contributed by atoms with E-state index in [-0.39, 0.29) is 18.3 Å². The first-order chi connectivity index (χ1) is 6.47. The summed E-state index contributed by atoms with van der Waals surface area (Å²) in [5.41, 5.74) is 0. The van der Waals surface area contributed by atoms with E-state index in [0.717, 1.165) is 0 Å². The fraction of sp³-hybridized carbons (Fsp3) is 0.889. The van der Waals surface area contributed by atoms with Gasteiger partial charge in [0.25, 0.3) is 0 Å². The van der Waals surface area contributed by atoms with Gasteiger partial charge in [-0.25, -0.2) is 0 Å². The molecule has 82 valence electrons. The molecule has 0 unspecified atom stereocenters. The van der Waals surface area contributed by atoms with Gasteiger partial charge in [-0.3, -0.25) is 4.79 Å². The first-order valence-electron chi connectivity index (χ1n) is 4.63. The topological polar surface area (TPSA) is 26.3 Å². The van der Waals surface area contributed by atoms with E-state index in [1.165, 1.54) is 0 Å². The van der Waals surface area contributed by atoms with Crippen molar-refractivity contribution in [2.24, 2.45) is 5.92 Å². The Hall–Kier alpha value is -0.580. The normalized spacial score (nSPS) is 20.1. The first-order valence-corrected chi connectivity index (χ1v) is 4.63. The summed E-state index contributed by atoms with van der Waals surface area (Å²) in [6.45, 7) is -1.07. The number of hydrogen-bond donors (Lipinski definition) is 0. The molecule has 1 fully saturated rings. The van der Waals surface area contributed by atoms with E-state index >= 15 is 0 Å². The Morgan fingerprint density at radius 1 is 1.29 bits per heavy atom. The van der Waals surface area contributed by atoms with Crippen molar-refractivity contribution in [3.8, 4) is 0 Å². The number of carbonyl (C=O) groups excluding carboxylic acids is 1. The molecule has 0 heterocycles. The summed E-state index contributed by atoms with van der Waals surface area (Å²) in [7, 11) is 0. The maximum absolute atomic E-state index is 11.7. The van der Waals surface area contributed by atoms with E-state index in [4.69, 9.17) is 0 Å². The van der Waals surface area contributed by atoms with Crippen LogP contribution in [0, 0.1) is 5.92 Å². The average Bonchev–Trinajstić information content (AvgIpc) is 2.06. The van der Waals surface area contributed by atoms with E-state index in [0.29, 0.717) is 25.7 Å². The van der Waals surface area contributed by atoms with Gasteiger partial charge < -0.3 is 4.74 Å². The number of Topliss-reactive ketones (excluding diaryl/α,β-unsaturated/α-hetero) is 1. The lowest BCUT2D eigenvalue weighted by Crippen LogP contribution is -2.23. The number of alkyl halides is 3. The van der Waals surface area contributed by atoms with Gasteiger partial charge in [0.05, 0.1) is 0 Å². The van der Waals surface area contributed by atoms with E-state index in [1.54, 1.807) is 0 Å². The molecule has 0 spiro atoms. The molecule has 0 radical (unpaired) electrons. The van der Waals surface area contributed by atoms with Gasteiger partial charge in [0.2, 0.25) is 0 Å². The molecular formula is C9H13F3O2. The second-order valence-corrected chi connectivity index (χ2v) is 3.61. The molecule has 1 saturated carbocycles. The Morgan fingerprint density at radius 2 is 1.86 bits per heavy atom. The number of ether oxygens (including phenoxy) is 1. The van der Waals surface area contributed by atoms with Crippen molar-refractivity contribution >= 4 is 5.78 Å². The van der Waals surface area contributed by atoms with Crippen LogP contribution in [0.5, 0.6) is 0 Å². The number of halogens is 3. The predicted molar refractivity (Wildman–Crippen MR) is 43.8 cm³/mol. The highest BCUT2D eigenvalue weighted by Gasteiger charge is 2.28. The highest BCUT2D eigenvalue weighted by Crippen LogP contribution is 2.22. The minimum atomic E-state index is -4.25. The van der Waals surface area contributed by atoms with Crippen LogP contribution in [0.4, 0.5) is 13.2 Å². The lowest BCUT2D eigenvalue weighted by atomic mass is 9.89. The zero-order chi connectivity index (χ0) is 10.6. The van der Waals surface area contributed by atoms with Crippen molar-refractivity contribution < 1.29 is 22.7 Å². The van der Waals surface area contributed by atoms with Crippen LogP contribution >= 0.6 is 0 Å². The van der Waals surface area contributed by atoms with E-state index < -0.39 is 12.8 Å². The van der Waals surface area contributed by atoms with Crippen LogP contribution in [0.1, 0.15) is 25.7 Å². The van der Waals surface area contributed by atoms with Crippen molar-refractivity contribution in [3.05, 3.63) is 0 Å². The number of ketones is 1.